The minimum atomic E-state index is -0.462. The smallest absolute Gasteiger partial charge is 0.119 e. The van der Waals surface area contributed by atoms with Gasteiger partial charge in [0.1, 0.15) is 18.5 Å². The Bertz CT molecular complexity index is 738. The van der Waals surface area contributed by atoms with Crippen LogP contribution in [-0.4, -0.2) is 30.4 Å². The molecule has 0 saturated heterocycles. The Hall–Kier alpha value is -1.06. The van der Waals surface area contributed by atoms with Gasteiger partial charge in [-0.3, -0.25) is 0 Å². The first-order chi connectivity index (χ1) is 15.0. The summed E-state index contributed by atoms with van der Waals surface area (Å²) in [6.07, 6.45) is 13.9. The molecule has 8 unspecified atom stereocenters. The van der Waals surface area contributed by atoms with E-state index in [0.29, 0.717) is 30.0 Å². The van der Waals surface area contributed by atoms with Gasteiger partial charge >= 0.3 is 0 Å². The van der Waals surface area contributed by atoms with E-state index in [1.807, 2.05) is 30.3 Å². The summed E-state index contributed by atoms with van der Waals surface area (Å²) in [5, 5.41) is 14.3. The zero-order chi connectivity index (χ0) is 21.5. The summed E-state index contributed by atoms with van der Waals surface area (Å²) in [5.41, 5.74) is 1.03. The summed E-state index contributed by atoms with van der Waals surface area (Å²) < 4.78 is 5.76. The van der Waals surface area contributed by atoms with Gasteiger partial charge in [-0.05, 0) is 98.0 Å². The molecule has 0 amide bonds. The van der Waals surface area contributed by atoms with Crippen molar-refractivity contribution in [3.05, 3.63) is 30.3 Å². The number of aliphatic hydroxyl groups excluding tert-OH is 1. The van der Waals surface area contributed by atoms with Gasteiger partial charge in [0.25, 0.3) is 0 Å². The van der Waals surface area contributed by atoms with Crippen molar-refractivity contribution in [1.82, 2.24) is 5.32 Å². The topological polar surface area (TPSA) is 41.5 Å². The maximum absolute atomic E-state index is 10.5. The van der Waals surface area contributed by atoms with Crippen LogP contribution in [0.1, 0.15) is 78.1 Å². The second kappa shape index (κ2) is 8.71. The zero-order valence-electron chi connectivity index (χ0n) is 19.7. The van der Waals surface area contributed by atoms with Gasteiger partial charge in [0.05, 0.1) is 0 Å². The van der Waals surface area contributed by atoms with E-state index in [9.17, 15) is 5.11 Å². The highest BCUT2D eigenvalue weighted by Gasteiger charge is 2.59. The van der Waals surface area contributed by atoms with Crippen molar-refractivity contribution in [2.75, 3.05) is 13.2 Å². The number of fused-ring (bicyclic) bond motifs is 5. The Kier molecular flexibility index (Phi) is 6.11. The molecule has 0 aromatic heterocycles. The molecule has 8 atom stereocenters. The van der Waals surface area contributed by atoms with E-state index in [1.165, 1.54) is 64.2 Å². The molecule has 1 aromatic carbocycles. The fourth-order valence-corrected chi connectivity index (χ4v) is 8.68. The monoisotopic (exact) mass is 425 g/mol. The first-order valence-corrected chi connectivity index (χ1v) is 13.1. The highest BCUT2D eigenvalue weighted by molar-refractivity contribution is 5.21. The number of rotatable bonds is 6. The molecule has 0 aliphatic heterocycles. The summed E-state index contributed by atoms with van der Waals surface area (Å²) >= 11 is 0. The molecule has 4 aliphatic rings. The molecule has 0 heterocycles. The third-order valence-electron chi connectivity index (χ3n) is 10.4. The van der Waals surface area contributed by atoms with Crippen LogP contribution in [0, 0.1) is 34.5 Å². The fourth-order valence-electron chi connectivity index (χ4n) is 8.68. The zero-order valence-corrected chi connectivity index (χ0v) is 19.7. The van der Waals surface area contributed by atoms with Gasteiger partial charge in [-0.15, -0.1) is 0 Å². The van der Waals surface area contributed by atoms with E-state index in [1.54, 1.807) is 0 Å². The lowest BCUT2D eigenvalue weighted by atomic mass is 9.45. The lowest BCUT2D eigenvalue weighted by Crippen LogP contribution is -2.55. The molecule has 4 fully saturated rings. The third kappa shape index (κ3) is 3.95. The van der Waals surface area contributed by atoms with Crippen molar-refractivity contribution in [3.63, 3.8) is 0 Å². The largest absolute Gasteiger partial charge is 0.491 e. The van der Waals surface area contributed by atoms with Crippen LogP contribution in [0.25, 0.3) is 0 Å². The van der Waals surface area contributed by atoms with Gasteiger partial charge in [-0.2, -0.15) is 0 Å². The molecule has 2 N–H and O–H groups in total. The van der Waals surface area contributed by atoms with Gasteiger partial charge in [-0.25, -0.2) is 0 Å². The van der Waals surface area contributed by atoms with Crippen LogP contribution in [-0.2, 0) is 0 Å². The SMILES string of the molecule is CC12CCCCC1CCC1C2CCC2(C)C(NCC(O)COc3ccccc3)CCC12. The number of ether oxygens (including phenoxy) is 1. The molecule has 1 aromatic rings. The standard InChI is InChI=1S/C28H43NO2/c1-27-16-7-6-8-20(27)11-12-23-24-13-14-26(28(24,2)17-15-25(23)27)29-18-21(30)19-31-22-9-4-3-5-10-22/h3-5,9-10,20-21,23-26,29-30H,6-8,11-19H2,1-2H3. The molecule has 31 heavy (non-hydrogen) atoms. The second-order valence-corrected chi connectivity index (χ2v) is 11.8. The predicted octanol–water partition coefficient (Wildman–Crippen LogP) is 5.82. The molecule has 172 valence electrons. The maximum Gasteiger partial charge on any atom is 0.119 e. The molecular formula is C28H43NO2. The lowest BCUT2D eigenvalue weighted by molar-refractivity contribution is -0.107. The number of nitrogens with one attached hydrogen (secondary N) is 1. The van der Waals surface area contributed by atoms with E-state index in [0.717, 1.165) is 29.4 Å². The van der Waals surface area contributed by atoms with Crippen molar-refractivity contribution in [1.29, 1.82) is 0 Å². The average Bonchev–Trinajstić information content (AvgIpc) is 3.13. The Morgan fingerprint density at radius 3 is 2.58 bits per heavy atom. The lowest BCUT2D eigenvalue weighted by Gasteiger charge is -2.60. The second-order valence-electron chi connectivity index (χ2n) is 11.8. The minimum Gasteiger partial charge on any atom is -0.491 e. The van der Waals surface area contributed by atoms with Crippen LogP contribution in [0.5, 0.6) is 5.75 Å². The van der Waals surface area contributed by atoms with Crippen molar-refractivity contribution in [3.8, 4) is 5.75 Å². The summed E-state index contributed by atoms with van der Waals surface area (Å²) in [4.78, 5) is 0. The Morgan fingerprint density at radius 1 is 0.935 bits per heavy atom. The van der Waals surface area contributed by atoms with Crippen molar-refractivity contribution < 1.29 is 9.84 Å². The number of hydrogen-bond donors (Lipinski definition) is 2. The summed E-state index contributed by atoms with van der Waals surface area (Å²) in [6.45, 7) is 6.23. The molecular weight excluding hydrogens is 382 g/mol. The quantitative estimate of drug-likeness (QED) is 0.604. The van der Waals surface area contributed by atoms with Crippen LogP contribution < -0.4 is 10.1 Å². The third-order valence-corrected chi connectivity index (χ3v) is 10.4. The molecule has 5 rings (SSSR count). The van der Waals surface area contributed by atoms with Crippen LogP contribution >= 0.6 is 0 Å². The van der Waals surface area contributed by atoms with E-state index >= 15 is 0 Å². The highest BCUT2D eigenvalue weighted by atomic mass is 16.5. The van der Waals surface area contributed by atoms with Crippen molar-refractivity contribution >= 4 is 0 Å². The molecule has 3 nitrogen and oxygen atoms in total. The molecule has 3 heteroatoms. The fraction of sp³-hybridized carbons (Fsp3) is 0.786. The van der Waals surface area contributed by atoms with Crippen LogP contribution in [0.3, 0.4) is 0 Å². The van der Waals surface area contributed by atoms with E-state index in [4.69, 9.17) is 4.74 Å². The average molecular weight is 426 g/mol. The van der Waals surface area contributed by atoms with Crippen LogP contribution in [0.15, 0.2) is 30.3 Å². The van der Waals surface area contributed by atoms with Gasteiger partial charge < -0.3 is 15.2 Å². The van der Waals surface area contributed by atoms with Gasteiger partial charge in [-0.1, -0.05) is 44.9 Å². The van der Waals surface area contributed by atoms with E-state index in [2.05, 4.69) is 19.2 Å². The predicted molar refractivity (Wildman–Crippen MR) is 126 cm³/mol. The van der Waals surface area contributed by atoms with Gasteiger partial charge in [0.15, 0.2) is 0 Å². The molecule has 4 saturated carbocycles. The molecule has 0 radical (unpaired) electrons. The van der Waals surface area contributed by atoms with E-state index in [-0.39, 0.29) is 0 Å². The molecule has 4 aliphatic carbocycles. The van der Waals surface area contributed by atoms with Crippen LogP contribution in [0.2, 0.25) is 0 Å². The molecule has 0 spiro atoms. The Morgan fingerprint density at radius 2 is 1.74 bits per heavy atom. The van der Waals surface area contributed by atoms with E-state index < -0.39 is 6.10 Å². The van der Waals surface area contributed by atoms with Crippen molar-refractivity contribution in [2.45, 2.75) is 90.2 Å². The van der Waals surface area contributed by atoms with Gasteiger partial charge in [0, 0.05) is 12.6 Å². The maximum atomic E-state index is 10.5. The first kappa shape index (κ1) is 21.8. The summed E-state index contributed by atoms with van der Waals surface area (Å²) in [7, 11) is 0. The Labute approximate surface area is 189 Å². The number of hydrogen-bond acceptors (Lipinski definition) is 3. The number of benzene rings is 1. The number of aliphatic hydroxyl groups is 1. The first-order valence-electron chi connectivity index (χ1n) is 13.1. The van der Waals surface area contributed by atoms with Gasteiger partial charge in [0.2, 0.25) is 0 Å². The highest BCUT2D eigenvalue weighted by Crippen LogP contribution is 2.66. The summed E-state index contributed by atoms with van der Waals surface area (Å²) in [5.74, 6) is 4.62. The molecule has 0 bridgehead atoms. The summed E-state index contributed by atoms with van der Waals surface area (Å²) in [6, 6.07) is 10.4. The Balaban J connectivity index is 1.18. The normalized spacial score (nSPS) is 42.9. The van der Waals surface area contributed by atoms with Crippen LogP contribution in [0.4, 0.5) is 0 Å². The number of para-hydroxylation sites is 1. The minimum absolute atomic E-state index is 0.355. The van der Waals surface area contributed by atoms with Crippen molar-refractivity contribution in [2.24, 2.45) is 34.5 Å².